The first-order chi connectivity index (χ1) is 5.63. The Morgan fingerprint density at radius 3 is 2.08 bits per heavy atom. The van der Waals surface area contributed by atoms with Crippen LogP contribution >= 0.6 is 0 Å². The number of aliphatic hydroxyl groups is 2. The smallest absolute Gasteiger partial charge is 0.102 e. The third-order valence-corrected chi connectivity index (χ3v) is 1.80. The molecule has 0 amide bonds. The average Bonchev–Trinajstić information content (AvgIpc) is 2.01. The Bertz CT molecular complexity index is 248. The van der Waals surface area contributed by atoms with E-state index in [0.717, 1.165) is 16.7 Å². The van der Waals surface area contributed by atoms with E-state index in [1.807, 2.05) is 32.0 Å². The second-order valence-corrected chi connectivity index (χ2v) is 3.12. The lowest BCUT2D eigenvalue weighted by atomic mass is 10.0. The predicted octanol–water partition coefficient (Wildman–Crippen LogP) is 1.33. The molecule has 2 N–H and O–H groups in total. The highest BCUT2D eigenvalue weighted by Crippen LogP contribution is 2.15. The zero-order valence-electron chi connectivity index (χ0n) is 7.41. The lowest BCUT2D eigenvalue weighted by molar-refractivity contribution is 0.0955. The van der Waals surface area contributed by atoms with Gasteiger partial charge in [-0.15, -0.1) is 0 Å². The van der Waals surface area contributed by atoms with Crippen LogP contribution in [0.2, 0.25) is 0 Å². The van der Waals surface area contributed by atoms with Gasteiger partial charge in [0.1, 0.15) is 6.10 Å². The molecule has 2 nitrogen and oxygen atoms in total. The van der Waals surface area contributed by atoms with Crippen LogP contribution in [0.1, 0.15) is 22.8 Å². The van der Waals surface area contributed by atoms with E-state index in [4.69, 9.17) is 5.11 Å². The van der Waals surface area contributed by atoms with E-state index < -0.39 is 6.10 Å². The largest absolute Gasteiger partial charge is 0.393 e. The third kappa shape index (κ3) is 2.06. The Labute approximate surface area is 72.5 Å². The molecule has 0 aliphatic rings. The molecule has 0 heterocycles. The summed E-state index contributed by atoms with van der Waals surface area (Å²) >= 11 is 0. The number of aliphatic hydroxyl groups excluding tert-OH is 2. The van der Waals surface area contributed by atoms with Crippen LogP contribution in [0.25, 0.3) is 0 Å². The van der Waals surface area contributed by atoms with Crippen LogP contribution in [0.3, 0.4) is 0 Å². The van der Waals surface area contributed by atoms with Crippen LogP contribution in [0.4, 0.5) is 0 Å². The molecular formula is C10H14O2. The van der Waals surface area contributed by atoms with Crippen molar-refractivity contribution in [2.24, 2.45) is 0 Å². The summed E-state index contributed by atoms with van der Waals surface area (Å²) in [4.78, 5) is 0. The average molecular weight is 166 g/mol. The maximum atomic E-state index is 9.33. The predicted molar refractivity (Wildman–Crippen MR) is 48.0 cm³/mol. The van der Waals surface area contributed by atoms with Crippen LogP contribution in [0, 0.1) is 13.8 Å². The molecule has 0 radical (unpaired) electrons. The third-order valence-electron chi connectivity index (χ3n) is 1.80. The molecule has 0 saturated carbocycles. The fourth-order valence-electron chi connectivity index (χ4n) is 1.31. The van der Waals surface area contributed by atoms with Crippen LogP contribution < -0.4 is 0 Å². The van der Waals surface area contributed by atoms with Crippen molar-refractivity contribution < 1.29 is 10.2 Å². The normalized spacial score (nSPS) is 13.0. The minimum absolute atomic E-state index is 0.219. The highest BCUT2D eigenvalue weighted by atomic mass is 16.3. The fourth-order valence-corrected chi connectivity index (χ4v) is 1.31. The molecule has 0 aliphatic carbocycles. The van der Waals surface area contributed by atoms with Crippen molar-refractivity contribution in [3.05, 3.63) is 34.9 Å². The molecule has 0 fully saturated rings. The minimum atomic E-state index is -0.747. The van der Waals surface area contributed by atoms with E-state index in [-0.39, 0.29) is 6.61 Å². The Morgan fingerprint density at radius 1 is 1.17 bits per heavy atom. The molecule has 0 aliphatic heterocycles. The summed E-state index contributed by atoms with van der Waals surface area (Å²) in [5.41, 5.74) is 3.00. The molecule has 1 aromatic rings. The Hall–Kier alpha value is -0.860. The van der Waals surface area contributed by atoms with Crippen LogP contribution in [0.5, 0.6) is 0 Å². The quantitative estimate of drug-likeness (QED) is 0.695. The van der Waals surface area contributed by atoms with Gasteiger partial charge < -0.3 is 10.2 Å². The van der Waals surface area contributed by atoms with Gasteiger partial charge in [0.2, 0.25) is 0 Å². The number of aryl methyl sites for hydroxylation is 2. The Morgan fingerprint density at radius 2 is 1.67 bits per heavy atom. The Balaban J connectivity index is 3.00. The molecule has 1 atom stereocenters. The van der Waals surface area contributed by atoms with Gasteiger partial charge in [0.25, 0.3) is 0 Å². The molecule has 0 saturated heterocycles. The molecule has 0 aromatic heterocycles. The van der Waals surface area contributed by atoms with Gasteiger partial charge in [-0.05, 0) is 19.4 Å². The zero-order valence-corrected chi connectivity index (χ0v) is 7.41. The van der Waals surface area contributed by atoms with Crippen molar-refractivity contribution in [3.8, 4) is 0 Å². The van der Waals surface area contributed by atoms with Gasteiger partial charge in [0.15, 0.2) is 0 Å². The summed E-state index contributed by atoms with van der Waals surface area (Å²) in [6.07, 6.45) is -0.747. The fraction of sp³-hybridized carbons (Fsp3) is 0.400. The number of benzene rings is 1. The second kappa shape index (κ2) is 3.70. The van der Waals surface area contributed by atoms with Crippen LogP contribution in [-0.2, 0) is 0 Å². The Kier molecular flexibility index (Phi) is 2.84. The van der Waals surface area contributed by atoms with E-state index in [1.165, 1.54) is 0 Å². The first-order valence-electron chi connectivity index (χ1n) is 4.00. The molecule has 12 heavy (non-hydrogen) atoms. The van der Waals surface area contributed by atoms with E-state index in [9.17, 15) is 5.11 Å². The van der Waals surface area contributed by atoms with Gasteiger partial charge in [-0.25, -0.2) is 0 Å². The topological polar surface area (TPSA) is 40.5 Å². The van der Waals surface area contributed by atoms with Crippen LogP contribution in [-0.4, -0.2) is 16.8 Å². The van der Waals surface area contributed by atoms with Gasteiger partial charge in [-0.2, -0.15) is 0 Å². The molecule has 0 spiro atoms. The monoisotopic (exact) mass is 166 g/mol. The van der Waals surface area contributed by atoms with E-state index in [0.29, 0.717) is 0 Å². The SMILES string of the molecule is Cc1cc(C)cc([C@@H](O)CO)c1. The molecule has 1 rings (SSSR count). The summed E-state index contributed by atoms with van der Waals surface area (Å²) in [7, 11) is 0. The standard InChI is InChI=1S/C10H14O2/c1-7-3-8(2)5-9(4-7)10(12)6-11/h3-5,10-12H,6H2,1-2H3/t10-/m0/s1. The lowest BCUT2D eigenvalue weighted by Crippen LogP contribution is -2.02. The maximum absolute atomic E-state index is 9.33. The van der Waals surface area contributed by atoms with Crippen molar-refractivity contribution in [1.82, 2.24) is 0 Å². The van der Waals surface area contributed by atoms with Crippen molar-refractivity contribution in [1.29, 1.82) is 0 Å². The van der Waals surface area contributed by atoms with Crippen LogP contribution in [0.15, 0.2) is 18.2 Å². The minimum Gasteiger partial charge on any atom is -0.393 e. The number of hydrogen-bond acceptors (Lipinski definition) is 2. The summed E-state index contributed by atoms with van der Waals surface area (Å²) in [5.74, 6) is 0. The first kappa shape index (κ1) is 9.23. The molecule has 0 unspecified atom stereocenters. The first-order valence-corrected chi connectivity index (χ1v) is 4.00. The van der Waals surface area contributed by atoms with E-state index in [2.05, 4.69) is 0 Å². The highest BCUT2D eigenvalue weighted by Gasteiger charge is 2.05. The lowest BCUT2D eigenvalue weighted by Gasteiger charge is -2.09. The van der Waals surface area contributed by atoms with E-state index in [1.54, 1.807) is 0 Å². The van der Waals surface area contributed by atoms with Crippen molar-refractivity contribution in [2.75, 3.05) is 6.61 Å². The van der Waals surface area contributed by atoms with Gasteiger partial charge in [0, 0.05) is 0 Å². The highest BCUT2D eigenvalue weighted by molar-refractivity contribution is 5.29. The van der Waals surface area contributed by atoms with E-state index >= 15 is 0 Å². The van der Waals surface area contributed by atoms with Gasteiger partial charge in [0.05, 0.1) is 6.61 Å². The molecule has 2 heteroatoms. The number of rotatable bonds is 2. The maximum Gasteiger partial charge on any atom is 0.102 e. The van der Waals surface area contributed by atoms with Crippen molar-refractivity contribution in [2.45, 2.75) is 20.0 Å². The van der Waals surface area contributed by atoms with Crippen molar-refractivity contribution in [3.63, 3.8) is 0 Å². The molecular weight excluding hydrogens is 152 g/mol. The summed E-state index contributed by atoms with van der Waals surface area (Å²) in [6, 6.07) is 5.80. The van der Waals surface area contributed by atoms with Gasteiger partial charge in [-0.3, -0.25) is 0 Å². The molecule has 66 valence electrons. The summed E-state index contributed by atoms with van der Waals surface area (Å²) in [5, 5.41) is 18.0. The second-order valence-electron chi connectivity index (χ2n) is 3.12. The zero-order chi connectivity index (χ0) is 9.14. The van der Waals surface area contributed by atoms with Gasteiger partial charge >= 0.3 is 0 Å². The number of hydrogen-bond donors (Lipinski definition) is 2. The molecule has 1 aromatic carbocycles. The van der Waals surface area contributed by atoms with Crippen molar-refractivity contribution >= 4 is 0 Å². The summed E-state index contributed by atoms with van der Waals surface area (Å²) < 4.78 is 0. The van der Waals surface area contributed by atoms with Gasteiger partial charge in [-0.1, -0.05) is 29.3 Å². The summed E-state index contributed by atoms with van der Waals surface area (Å²) in [6.45, 7) is 3.73. The molecule has 0 bridgehead atoms.